The van der Waals surface area contributed by atoms with Crippen LogP contribution in [0.1, 0.15) is 6.42 Å². The van der Waals surface area contributed by atoms with E-state index in [0.29, 0.717) is 0 Å². The lowest BCUT2D eigenvalue weighted by Crippen LogP contribution is -2.20. The fourth-order valence-corrected chi connectivity index (χ4v) is 1.45. The molecule has 1 fully saturated rings. The molecule has 1 aliphatic heterocycles. The van der Waals surface area contributed by atoms with Gasteiger partial charge in [0.2, 0.25) is 5.91 Å². The normalized spacial score (nSPS) is 28.1. The van der Waals surface area contributed by atoms with E-state index >= 15 is 0 Å². The molecule has 0 aliphatic carbocycles. The monoisotopic (exact) mass is 131 g/mol. The summed E-state index contributed by atoms with van der Waals surface area (Å²) in [7, 11) is 0. The molecule has 0 aromatic carbocycles. The molecule has 0 spiro atoms. The summed E-state index contributed by atoms with van der Waals surface area (Å²) in [6.07, 6.45) is 2.97. The van der Waals surface area contributed by atoms with Crippen molar-refractivity contribution in [2.45, 2.75) is 11.7 Å². The molecule has 0 aromatic rings. The highest BCUT2D eigenvalue weighted by molar-refractivity contribution is 7.99. The van der Waals surface area contributed by atoms with Crippen molar-refractivity contribution < 1.29 is 4.79 Å². The van der Waals surface area contributed by atoms with Crippen molar-refractivity contribution in [3.05, 3.63) is 0 Å². The van der Waals surface area contributed by atoms with Crippen molar-refractivity contribution in [1.82, 2.24) is 5.32 Å². The van der Waals surface area contributed by atoms with Crippen LogP contribution in [-0.4, -0.2) is 24.0 Å². The van der Waals surface area contributed by atoms with Crippen LogP contribution in [0, 0.1) is 0 Å². The summed E-state index contributed by atoms with van der Waals surface area (Å²) in [6.45, 7) is 0.865. The summed E-state index contributed by atoms with van der Waals surface area (Å²) in [5.41, 5.74) is 0. The Morgan fingerprint density at radius 1 is 1.88 bits per heavy atom. The Hall–Kier alpha value is -0.180. The van der Waals surface area contributed by atoms with Gasteiger partial charge in [-0.3, -0.25) is 4.79 Å². The van der Waals surface area contributed by atoms with Gasteiger partial charge in [0.25, 0.3) is 0 Å². The maximum absolute atomic E-state index is 10.7. The minimum Gasteiger partial charge on any atom is -0.355 e. The van der Waals surface area contributed by atoms with Crippen LogP contribution in [0.5, 0.6) is 0 Å². The molecule has 0 aromatic heterocycles. The molecular weight excluding hydrogens is 122 g/mol. The van der Waals surface area contributed by atoms with Gasteiger partial charge in [0.1, 0.15) is 0 Å². The maximum Gasteiger partial charge on any atom is 0.233 e. The average Bonchev–Trinajstić information content (AvgIpc) is 2.14. The molecule has 0 radical (unpaired) electrons. The lowest BCUT2D eigenvalue weighted by Gasteiger charge is -1.97. The first kappa shape index (κ1) is 5.95. The first-order valence-electron chi connectivity index (χ1n) is 2.65. The van der Waals surface area contributed by atoms with E-state index < -0.39 is 0 Å². The van der Waals surface area contributed by atoms with Crippen LogP contribution in [0.3, 0.4) is 0 Å². The van der Waals surface area contributed by atoms with Gasteiger partial charge in [0.15, 0.2) is 0 Å². The minimum atomic E-state index is 0.206. The van der Waals surface area contributed by atoms with E-state index in [2.05, 4.69) is 5.32 Å². The van der Waals surface area contributed by atoms with Crippen LogP contribution in [0.2, 0.25) is 0 Å². The molecule has 1 atom stereocenters. The zero-order valence-corrected chi connectivity index (χ0v) is 5.62. The van der Waals surface area contributed by atoms with Gasteiger partial charge < -0.3 is 5.32 Å². The number of carbonyl (C=O) groups excluding carboxylic acids is 1. The molecule has 1 rings (SSSR count). The van der Waals surface area contributed by atoms with Crippen molar-refractivity contribution in [1.29, 1.82) is 0 Å². The highest BCUT2D eigenvalue weighted by Crippen LogP contribution is 2.14. The van der Waals surface area contributed by atoms with Gasteiger partial charge in [-0.2, -0.15) is 11.8 Å². The van der Waals surface area contributed by atoms with E-state index in [4.69, 9.17) is 0 Å². The van der Waals surface area contributed by atoms with Crippen molar-refractivity contribution in [3.63, 3.8) is 0 Å². The third kappa shape index (κ3) is 0.968. The summed E-state index contributed by atoms with van der Waals surface area (Å²) >= 11 is 1.63. The molecule has 1 aliphatic rings. The lowest BCUT2D eigenvalue weighted by atomic mass is 10.4. The van der Waals surface area contributed by atoms with E-state index in [9.17, 15) is 4.79 Å². The molecule has 1 heterocycles. The van der Waals surface area contributed by atoms with Gasteiger partial charge in [-0.25, -0.2) is 0 Å². The molecule has 1 unspecified atom stereocenters. The molecule has 0 bridgehead atoms. The maximum atomic E-state index is 10.7. The molecule has 1 amide bonds. The Labute approximate surface area is 53.0 Å². The summed E-state index contributed by atoms with van der Waals surface area (Å²) in [5.74, 6) is 0.206. The van der Waals surface area contributed by atoms with Gasteiger partial charge in [-0.05, 0) is 12.7 Å². The van der Waals surface area contributed by atoms with Crippen molar-refractivity contribution in [2.24, 2.45) is 0 Å². The molecule has 8 heavy (non-hydrogen) atoms. The summed E-state index contributed by atoms with van der Waals surface area (Å²) in [5, 5.41) is 2.99. The standard InChI is InChI=1S/C5H9NOS/c1-8-4-2-3-6-5(4)7/h4H,2-3H2,1H3,(H,6,7). The SMILES string of the molecule is CSC1CCNC1=O. The molecule has 3 heteroatoms. The van der Waals surface area contributed by atoms with Crippen molar-refractivity contribution in [2.75, 3.05) is 12.8 Å². The Balaban J connectivity index is 2.42. The quantitative estimate of drug-likeness (QED) is 0.552. The zero-order valence-electron chi connectivity index (χ0n) is 4.81. The molecule has 1 saturated heterocycles. The second-order valence-corrected chi connectivity index (χ2v) is 2.84. The van der Waals surface area contributed by atoms with E-state index in [1.54, 1.807) is 11.8 Å². The fourth-order valence-electron chi connectivity index (χ4n) is 0.796. The first-order valence-corrected chi connectivity index (χ1v) is 3.94. The first-order chi connectivity index (χ1) is 3.84. The number of amides is 1. The third-order valence-corrected chi connectivity index (χ3v) is 2.30. The third-order valence-electron chi connectivity index (χ3n) is 1.28. The van der Waals surface area contributed by atoms with Gasteiger partial charge in [-0.1, -0.05) is 0 Å². The second kappa shape index (κ2) is 2.40. The van der Waals surface area contributed by atoms with Crippen molar-refractivity contribution >= 4 is 17.7 Å². The van der Waals surface area contributed by atoms with Crippen LogP contribution < -0.4 is 5.32 Å². The van der Waals surface area contributed by atoms with Gasteiger partial charge in [-0.15, -0.1) is 0 Å². The lowest BCUT2D eigenvalue weighted by molar-refractivity contribution is -0.118. The summed E-state index contributed by atoms with van der Waals surface area (Å²) < 4.78 is 0. The molecular formula is C5H9NOS. The van der Waals surface area contributed by atoms with Gasteiger partial charge >= 0.3 is 0 Å². The van der Waals surface area contributed by atoms with E-state index in [-0.39, 0.29) is 11.2 Å². The van der Waals surface area contributed by atoms with E-state index in [1.807, 2.05) is 6.26 Å². The summed E-state index contributed by atoms with van der Waals surface area (Å²) in [4.78, 5) is 10.7. The van der Waals surface area contributed by atoms with Crippen molar-refractivity contribution in [3.8, 4) is 0 Å². The fraction of sp³-hybridized carbons (Fsp3) is 0.800. The molecule has 46 valence electrons. The second-order valence-electron chi connectivity index (χ2n) is 1.80. The number of nitrogens with one attached hydrogen (secondary N) is 1. The Bertz CT molecular complexity index is 105. The number of thioether (sulfide) groups is 1. The largest absolute Gasteiger partial charge is 0.355 e. The Morgan fingerprint density at radius 2 is 2.62 bits per heavy atom. The van der Waals surface area contributed by atoms with Crippen LogP contribution >= 0.6 is 11.8 Å². The van der Waals surface area contributed by atoms with E-state index in [0.717, 1.165) is 13.0 Å². The number of hydrogen-bond acceptors (Lipinski definition) is 2. The van der Waals surface area contributed by atoms with Crippen LogP contribution in [0.15, 0.2) is 0 Å². The summed E-state index contributed by atoms with van der Waals surface area (Å²) in [6, 6.07) is 0. The zero-order chi connectivity index (χ0) is 5.98. The molecule has 1 N–H and O–H groups in total. The van der Waals surface area contributed by atoms with Gasteiger partial charge in [0, 0.05) is 6.54 Å². The average molecular weight is 131 g/mol. The minimum absolute atomic E-state index is 0.206. The Morgan fingerprint density at radius 3 is 2.88 bits per heavy atom. The number of hydrogen-bond donors (Lipinski definition) is 1. The predicted octanol–water partition coefficient (Wildman–Crippen LogP) is 0.238. The van der Waals surface area contributed by atoms with Crippen LogP contribution in [0.4, 0.5) is 0 Å². The van der Waals surface area contributed by atoms with E-state index in [1.165, 1.54) is 0 Å². The number of rotatable bonds is 1. The predicted molar refractivity (Wildman–Crippen MR) is 34.9 cm³/mol. The Kier molecular flexibility index (Phi) is 1.78. The topological polar surface area (TPSA) is 29.1 Å². The smallest absolute Gasteiger partial charge is 0.233 e. The van der Waals surface area contributed by atoms with Crippen LogP contribution in [0.25, 0.3) is 0 Å². The highest BCUT2D eigenvalue weighted by Gasteiger charge is 2.21. The number of carbonyl (C=O) groups is 1. The molecule has 0 saturated carbocycles. The highest BCUT2D eigenvalue weighted by atomic mass is 32.2. The molecule has 2 nitrogen and oxygen atoms in total. The van der Waals surface area contributed by atoms with Crippen LogP contribution in [-0.2, 0) is 4.79 Å². The van der Waals surface area contributed by atoms with Gasteiger partial charge in [0.05, 0.1) is 5.25 Å².